The second-order valence-electron chi connectivity index (χ2n) is 2.94. The van der Waals surface area contributed by atoms with Crippen LogP contribution in [-0.4, -0.2) is 24.7 Å². The van der Waals surface area contributed by atoms with Crippen molar-refractivity contribution in [1.29, 1.82) is 5.26 Å². The first-order valence-electron chi connectivity index (χ1n) is 4.79. The summed E-state index contributed by atoms with van der Waals surface area (Å²) in [6.07, 6.45) is 1.46. The zero-order valence-electron chi connectivity index (χ0n) is 9.14. The molecule has 0 fully saturated rings. The first-order valence-corrected chi connectivity index (χ1v) is 4.79. The Bertz CT molecular complexity index is 395. The molecule has 1 atom stereocenters. The number of aromatic nitrogens is 1. The summed E-state index contributed by atoms with van der Waals surface area (Å²) in [7, 11) is 1.52. The minimum absolute atomic E-state index is 0.243. The number of pyridine rings is 1. The number of carbonyl (C=O) groups is 1. The molecule has 0 aliphatic carbocycles. The number of carbonyl (C=O) groups excluding carboxylic acids is 1. The van der Waals surface area contributed by atoms with Gasteiger partial charge in [0.2, 0.25) is 0 Å². The maximum Gasteiger partial charge on any atom is 0.329 e. The molecule has 1 heterocycles. The predicted octanol–water partition coefficient (Wildman–Crippen LogP) is 1.26. The summed E-state index contributed by atoms with van der Waals surface area (Å²) in [5.74, 6) is -0.988. The minimum atomic E-state index is -0.981. The molecule has 0 saturated heterocycles. The molecule has 1 aromatic heterocycles. The van der Waals surface area contributed by atoms with Crippen LogP contribution in [0, 0.1) is 11.3 Å². The third-order valence-corrected chi connectivity index (χ3v) is 1.94. The number of esters is 1. The molecule has 16 heavy (non-hydrogen) atoms. The highest BCUT2D eigenvalue weighted by Gasteiger charge is 2.22. The van der Waals surface area contributed by atoms with Gasteiger partial charge in [-0.25, -0.2) is 0 Å². The van der Waals surface area contributed by atoms with Crippen molar-refractivity contribution in [3.63, 3.8) is 0 Å². The van der Waals surface area contributed by atoms with Crippen molar-refractivity contribution >= 4 is 5.97 Å². The van der Waals surface area contributed by atoms with Gasteiger partial charge < -0.3 is 9.47 Å². The van der Waals surface area contributed by atoms with Gasteiger partial charge >= 0.3 is 5.97 Å². The van der Waals surface area contributed by atoms with Crippen LogP contribution in [0.5, 0.6) is 5.75 Å². The first kappa shape index (κ1) is 12.0. The fourth-order valence-electron chi connectivity index (χ4n) is 1.15. The van der Waals surface area contributed by atoms with Gasteiger partial charge in [-0.1, -0.05) is 0 Å². The van der Waals surface area contributed by atoms with E-state index < -0.39 is 11.9 Å². The Morgan fingerprint density at radius 3 is 2.81 bits per heavy atom. The van der Waals surface area contributed by atoms with Crippen LogP contribution >= 0.6 is 0 Å². The molecular weight excluding hydrogens is 208 g/mol. The average molecular weight is 220 g/mol. The highest BCUT2D eigenvalue weighted by Crippen LogP contribution is 2.17. The second-order valence-corrected chi connectivity index (χ2v) is 2.94. The van der Waals surface area contributed by atoms with E-state index in [1.807, 2.05) is 6.07 Å². The van der Waals surface area contributed by atoms with E-state index in [1.165, 1.54) is 13.3 Å². The Hall–Kier alpha value is -2.09. The number of methoxy groups -OCH3 is 1. The van der Waals surface area contributed by atoms with Gasteiger partial charge in [-0.3, -0.25) is 9.78 Å². The molecule has 5 heteroatoms. The summed E-state index contributed by atoms with van der Waals surface area (Å²) in [4.78, 5) is 15.4. The van der Waals surface area contributed by atoms with Crippen LogP contribution < -0.4 is 4.74 Å². The molecule has 0 bridgehead atoms. The molecule has 0 N–H and O–H groups in total. The normalized spacial score (nSPS) is 11.3. The first-order chi connectivity index (χ1) is 7.72. The van der Waals surface area contributed by atoms with E-state index in [4.69, 9.17) is 14.7 Å². The van der Waals surface area contributed by atoms with Crippen molar-refractivity contribution in [3.8, 4) is 11.8 Å². The maximum absolute atomic E-state index is 11.4. The predicted molar refractivity (Wildman–Crippen MR) is 55.8 cm³/mol. The fourth-order valence-corrected chi connectivity index (χ4v) is 1.15. The van der Waals surface area contributed by atoms with Crippen molar-refractivity contribution in [3.05, 3.63) is 24.0 Å². The molecule has 1 unspecified atom stereocenters. The lowest BCUT2D eigenvalue weighted by molar-refractivity contribution is -0.143. The van der Waals surface area contributed by atoms with Gasteiger partial charge in [-0.2, -0.15) is 5.26 Å². The van der Waals surface area contributed by atoms with Crippen molar-refractivity contribution in [1.82, 2.24) is 4.98 Å². The summed E-state index contributed by atoms with van der Waals surface area (Å²) in [6, 6.07) is 5.08. The van der Waals surface area contributed by atoms with E-state index in [1.54, 1.807) is 19.1 Å². The lowest BCUT2D eigenvalue weighted by Gasteiger charge is -2.07. The molecule has 0 aliphatic heterocycles. The number of hydrogen-bond acceptors (Lipinski definition) is 5. The Kier molecular flexibility index (Phi) is 4.28. The van der Waals surface area contributed by atoms with Gasteiger partial charge in [-0.15, -0.1) is 0 Å². The van der Waals surface area contributed by atoms with Gasteiger partial charge in [0.1, 0.15) is 5.75 Å². The van der Waals surface area contributed by atoms with Gasteiger partial charge in [-0.05, 0) is 19.1 Å². The Labute approximate surface area is 93.6 Å². The highest BCUT2D eigenvalue weighted by molar-refractivity contribution is 5.80. The van der Waals surface area contributed by atoms with Crippen LogP contribution in [-0.2, 0) is 9.53 Å². The topological polar surface area (TPSA) is 72.2 Å². The molecule has 1 rings (SSSR count). The number of nitrogens with zero attached hydrogens (tertiary/aromatic N) is 2. The highest BCUT2D eigenvalue weighted by atomic mass is 16.5. The Morgan fingerprint density at radius 1 is 1.62 bits per heavy atom. The summed E-state index contributed by atoms with van der Waals surface area (Å²) < 4.78 is 9.70. The lowest BCUT2D eigenvalue weighted by Crippen LogP contribution is -2.15. The summed E-state index contributed by atoms with van der Waals surface area (Å²) in [6.45, 7) is 1.93. The SMILES string of the molecule is CCOC(=O)C(C#N)c1ccc(OC)cn1. The summed E-state index contributed by atoms with van der Waals surface area (Å²) in [5.41, 5.74) is 0.363. The van der Waals surface area contributed by atoms with Crippen molar-refractivity contribution in [2.24, 2.45) is 0 Å². The third kappa shape index (κ3) is 2.70. The largest absolute Gasteiger partial charge is 0.495 e. The molecule has 0 spiro atoms. The molecular formula is C11H12N2O3. The van der Waals surface area contributed by atoms with Crippen molar-refractivity contribution < 1.29 is 14.3 Å². The van der Waals surface area contributed by atoms with Gasteiger partial charge in [0.15, 0.2) is 5.92 Å². The quantitative estimate of drug-likeness (QED) is 0.714. The smallest absolute Gasteiger partial charge is 0.329 e. The Balaban J connectivity index is 2.88. The molecule has 0 radical (unpaired) electrons. The molecule has 5 nitrogen and oxygen atoms in total. The third-order valence-electron chi connectivity index (χ3n) is 1.94. The van der Waals surface area contributed by atoms with Crippen LogP contribution in [0.2, 0.25) is 0 Å². The summed E-state index contributed by atoms with van der Waals surface area (Å²) in [5, 5.41) is 8.88. The summed E-state index contributed by atoms with van der Waals surface area (Å²) >= 11 is 0. The minimum Gasteiger partial charge on any atom is -0.495 e. The Morgan fingerprint density at radius 2 is 2.38 bits per heavy atom. The van der Waals surface area contributed by atoms with Gasteiger partial charge in [0.25, 0.3) is 0 Å². The van der Waals surface area contributed by atoms with Gasteiger partial charge in [0.05, 0.1) is 31.7 Å². The number of ether oxygens (including phenoxy) is 2. The number of hydrogen-bond donors (Lipinski definition) is 0. The van der Waals surface area contributed by atoms with Crippen LogP contribution in [0.15, 0.2) is 18.3 Å². The molecule has 84 valence electrons. The van der Waals surface area contributed by atoms with E-state index in [-0.39, 0.29) is 6.61 Å². The van der Waals surface area contributed by atoms with Crippen LogP contribution in [0.25, 0.3) is 0 Å². The van der Waals surface area contributed by atoms with Crippen molar-refractivity contribution in [2.45, 2.75) is 12.8 Å². The molecule has 1 aromatic rings. The van der Waals surface area contributed by atoms with Crippen LogP contribution in [0.4, 0.5) is 0 Å². The van der Waals surface area contributed by atoms with E-state index in [0.717, 1.165) is 0 Å². The second kappa shape index (κ2) is 5.71. The van der Waals surface area contributed by atoms with Gasteiger partial charge in [0, 0.05) is 0 Å². The van der Waals surface area contributed by atoms with E-state index in [0.29, 0.717) is 11.4 Å². The van der Waals surface area contributed by atoms with E-state index in [9.17, 15) is 4.79 Å². The van der Waals surface area contributed by atoms with E-state index in [2.05, 4.69) is 4.98 Å². The number of nitriles is 1. The molecule has 0 aliphatic rings. The lowest BCUT2D eigenvalue weighted by atomic mass is 10.1. The zero-order valence-corrected chi connectivity index (χ0v) is 9.14. The van der Waals surface area contributed by atoms with Crippen LogP contribution in [0.3, 0.4) is 0 Å². The fraction of sp³-hybridized carbons (Fsp3) is 0.364. The molecule has 0 saturated carbocycles. The average Bonchev–Trinajstić information content (AvgIpc) is 2.31. The molecule has 0 aromatic carbocycles. The zero-order chi connectivity index (χ0) is 12.0. The monoisotopic (exact) mass is 220 g/mol. The van der Waals surface area contributed by atoms with Crippen LogP contribution in [0.1, 0.15) is 18.5 Å². The van der Waals surface area contributed by atoms with E-state index >= 15 is 0 Å². The van der Waals surface area contributed by atoms with Crippen molar-refractivity contribution in [2.75, 3.05) is 13.7 Å². The maximum atomic E-state index is 11.4. The number of rotatable bonds is 4. The standard InChI is InChI=1S/C11H12N2O3/c1-3-16-11(14)9(6-12)10-5-4-8(15-2)7-13-10/h4-5,7,9H,3H2,1-2H3. The molecule has 0 amide bonds.